The van der Waals surface area contributed by atoms with Gasteiger partial charge in [0.05, 0.1) is 12.2 Å². The van der Waals surface area contributed by atoms with Crippen LogP contribution in [-0.2, 0) is 0 Å². The first kappa shape index (κ1) is 11.5. The molecular formula is C14H18N2O2. The van der Waals surface area contributed by atoms with E-state index >= 15 is 0 Å². The average Bonchev–Trinajstić information content (AvgIpc) is 2.67. The van der Waals surface area contributed by atoms with Gasteiger partial charge in [-0.25, -0.2) is 0 Å². The van der Waals surface area contributed by atoms with Gasteiger partial charge in [-0.15, -0.1) is 0 Å². The van der Waals surface area contributed by atoms with Crippen molar-refractivity contribution in [2.75, 3.05) is 37.7 Å². The summed E-state index contributed by atoms with van der Waals surface area (Å²) in [5, 5.41) is 3.39. The fraction of sp³-hybridized carbons (Fsp3) is 0.500. The highest BCUT2D eigenvalue weighted by atomic mass is 16.5. The number of ether oxygens (including phenoxy) is 1. The number of anilines is 1. The van der Waals surface area contributed by atoms with Crippen LogP contribution < -0.4 is 15.0 Å². The Morgan fingerprint density at radius 3 is 3.11 bits per heavy atom. The summed E-state index contributed by atoms with van der Waals surface area (Å²) in [7, 11) is 0. The van der Waals surface area contributed by atoms with Crippen LogP contribution >= 0.6 is 0 Å². The lowest BCUT2D eigenvalue weighted by Crippen LogP contribution is -2.28. The molecule has 1 aromatic carbocycles. The summed E-state index contributed by atoms with van der Waals surface area (Å²) in [4.78, 5) is 14.1. The molecule has 0 aliphatic carbocycles. The molecule has 0 bridgehead atoms. The van der Waals surface area contributed by atoms with Crippen molar-refractivity contribution < 1.29 is 9.53 Å². The van der Waals surface area contributed by atoms with Crippen LogP contribution in [0.25, 0.3) is 0 Å². The van der Waals surface area contributed by atoms with Crippen molar-refractivity contribution in [3.63, 3.8) is 0 Å². The van der Waals surface area contributed by atoms with Crippen molar-refractivity contribution in [3.05, 3.63) is 23.8 Å². The molecule has 4 heteroatoms. The van der Waals surface area contributed by atoms with Crippen LogP contribution in [0.3, 0.4) is 0 Å². The number of Topliss-reactive ketones (excluding diaryl/α,β-unsaturated/α-hetero) is 1. The van der Waals surface area contributed by atoms with Gasteiger partial charge >= 0.3 is 0 Å². The normalized spacial score (nSPS) is 20.0. The summed E-state index contributed by atoms with van der Waals surface area (Å²) < 4.78 is 5.59. The van der Waals surface area contributed by atoms with E-state index in [2.05, 4.69) is 10.2 Å². The van der Waals surface area contributed by atoms with Crippen molar-refractivity contribution in [3.8, 4) is 5.75 Å². The number of nitrogens with one attached hydrogen (secondary N) is 1. The number of nitrogens with zero attached hydrogens (tertiary/aromatic N) is 1. The Bertz CT molecular complexity index is 451. The highest BCUT2D eigenvalue weighted by Crippen LogP contribution is 2.29. The number of hydrogen-bond acceptors (Lipinski definition) is 4. The standard InChI is InChI=1S/C14H18N2O2/c17-13-4-9-18-14-10-11(2-3-12(13)14)16-7-1-5-15-6-8-16/h2-3,10,15H,1,4-9H2. The molecule has 0 atom stereocenters. The molecule has 2 aliphatic heterocycles. The first-order valence-corrected chi connectivity index (χ1v) is 6.60. The van der Waals surface area contributed by atoms with E-state index < -0.39 is 0 Å². The zero-order valence-electron chi connectivity index (χ0n) is 10.4. The SMILES string of the molecule is O=C1CCOc2cc(N3CCCNCC3)ccc21. The number of carbonyl (C=O) groups is 1. The van der Waals surface area contributed by atoms with Gasteiger partial charge in [-0.1, -0.05) is 0 Å². The quantitative estimate of drug-likeness (QED) is 0.814. The number of hydrogen-bond donors (Lipinski definition) is 1. The maximum Gasteiger partial charge on any atom is 0.169 e. The molecule has 3 rings (SSSR count). The molecule has 0 radical (unpaired) electrons. The molecule has 0 unspecified atom stereocenters. The van der Waals surface area contributed by atoms with Gasteiger partial charge in [0, 0.05) is 37.8 Å². The summed E-state index contributed by atoms with van der Waals surface area (Å²) in [6.45, 7) is 4.66. The van der Waals surface area contributed by atoms with Gasteiger partial charge in [0.25, 0.3) is 0 Å². The fourth-order valence-electron chi connectivity index (χ4n) is 2.55. The molecule has 1 saturated heterocycles. The van der Waals surface area contributed by atoms with Crippen LogP contribution in [0.2, 0.25) is 0 Å². The lowest BCUT2D eigenvalue weighted by atomic mass is 10.0. The Balaban J connectivity index is 1.86. The molecule has 1 fully saturated rings. The molecule has 4 nitrogen and oxygen atoms in total. The van der Waals surface area contributed by atoms with E-state index in [9.17, 15) is 4.79 Å². The van der Waals surface area contributed by atoms with Gasteiger partial charge in [0.15, 0.2) is 5.78 Å². The smallest absolute Gasteiger partial charge is 0.169 e. The minimum absolute atomic E-state index is 0.195. The fourth-order valence-corrected chi connectivity index (χ4v) is 2.55. The second kappa shape index (κ2) is 4.98. The third-order valence-corrected chi connectivity index (χ3v) is 3.56. The zero-order valence-corrected chi connectivity index (χ0v) is 10.4. The van der Waals surface area contributed by atoms with Crippen molar-refractivity contribution >= 4 is 11.5 Å². The topological polar surface area (TPSA) is 41.6 Å². The third kappa shape index (κ3) is 2.20. The van der Waals surface area contributed by atoms with E-state index in [1.54, 1.807) is 0 Å². The van der Waals surface area contributed by atoms with Crippen molar-refractivity contribution in [2.45, 2.75) is 12.8 Å². The van der Waals surface area contributed by atoms with Gasteiger partial charge in [0.2, 0.25) is 0 Å². The van der Waals surface area contributed by atoms with Crippen LogP contribution in [0, 0.1) is 0 Å². The van der Waals surface area contributed by atoms with E-state index in [0.29, 0.717) is 13.0 Å². The number of ketones is 1. The molecule has 1 aromatic rings. The van der Waals surface area contributed by atoms with Gasteiger partial charge < -0.3 is 15.0 Å². The highest BCUT2D eigenvalue weighted by molar-refractivity contribution is 6.00. The van der Waals surface area contributed by atoms with Crippen molar-refractivity contribution in [2.24, 2.45) is 0 Å². The Morgan fingerprint density at radius 2 is 2.17 bits per heavy atom. The number of fused-ring (bicyclic) bond motifs is 1. The summed E-state index contributed by atoms with van der Waals surface area (Å²) in [6, 6.07) is 5.96. The van der Waals surface area contributed by atoms with E-state index in [-0.39, 0.29) is 5.78 Å². The average molecular weight is 246 g/mol. The Hall–Kier alpha value is -1.55. The first-order valence-electron chi connectivity index (χ1n) is 6.60. The molecule has 0 aromatic heterocycles. The van der Waals surface area contributed by atoms with Crippen LogP contribution in [0.4, 0.5) is 5.69 Å². The summed E-state index contributed by atoms with van der Waals surface area (Å²) in [5.74, 6) is 0.946. The molecular weight excluding hydrogens is 228 g/mol. The van der Waals surface area contributed by atoms with Gasteiger partial charge in [0.1, 0.15) is 5.75 Å². The Kier molecular flexibility index (Phi) is 3.19. The summed E-state index contributed by atoms with van der Waals surface area (Å²) in [5.41, 5.74) is 1.89. The molecule has 18 heavy (non-hydrogen) atoms. The first-order chi connectivity index (χ1) is 8.84. The Labute approximate surface area is 107 Å². The predicted molar refractivity (Wildman–Crippen MR) is 70.6 cm³/mol. The zero-order chi connectivity index (χ0) is 12.4. The van der Waals surface area contributed by atoms with Crippen LogP contribution in [0.1, 0.15) is 23.2 Å². The number of carbonyl (C=O) groups excluding carboxylic acids is 1. The van der Waals surface area contributed by atoms with Crippen molar-refractivity contribution in [1.29, 1.82) is 0 Å². The molecule has 96 valence electrons. The maximum absolute atomic E-state index is 11.7. The van der Waals surface area contributed by atoms with E-state index in [1.807, 2.05) is 18.2 Å². The molecule has 0 spiro atoms. The van der Waals surface area contributed by atoms with E-state index in [0.717, 1.165) is 49.6 Å². The monoisotopic (exact) mass is 246 g/mol. The number of rotatable bonds is 1. The lowest BCUT2D eigenvalue weighted by Gasteiger charge is -2.24. The van der Waals surface area contributed by atoms with Crippen LogP contribution in [0.5, 0.6) is 5.75 Å². The lowest BCUT2D eigenvalue weighted by molar-refractivity contribution is 0.0933. The largest absolute Gasteiger partial charge is 0.492 e. The molecule has 2 aliphatic rings. The molecule has 0 amide bonds. The second-order valence-corrected chi connectivity index (χ2v) is 4.79. The third-order valence-electron chi connectivity index (χ3n) is 3.56. The molecule has 0 saturated carbocycles. The second-order valence-electron chi connectivity index (χ2n) is 4.79. The minimum atomic E-state index is 0.195. The minimum Gasteiger partial charge on any atom is -0.492 e. The summed E-state index contributed by atoms with van der Waals surface area (Å²) in [6.07, 6.45) is 1.65. The summed E-state index contributed by atoms with van der Waals surface area (Å²) >= 11 is 0. The number of benzene rings is 1. The Morgan fingerprint density at radius 1 is 1.22 bits per heavy atom. The predicted octanol–water partition coefficient (Wildman–Crippen LogP) is 1.45. The van der Waals surface area contributed by atoms with Crippen LogP contribution in [0.15, 0.2) is 18.2 Å². The van der Waals surface area contributed by atoms with Gasteiger partial charge in [-0.3, -0.25) is 4.79 Å². The van der Waals surface area contributed by atoms with Crippen molar-refractivity contribution in [1.82, 2.24) is 5.32 Å². The van der Waals surface area contributed by atoms with Gasteiger partial charge in [-0.2, -0.15) is 0 Å². The van der Waals surface area contributed by atoms with E-state index in [4.69, 9.17) is 4.74 Å². The van der Waals surface area contributed by atoms with E-state index in [1.165, 1.54) is 0 Å². The highest BCUT2D eigenvalue weighted by Gasteiger charge is 2.20. The molecule has 1 N–H and O–H groups in total. The van der Waals surface area contributed by atoms with Crippen LogP contribution in [-0.4, -0.2) is 38.6 Å². The maximum atomic E-state index is 11.7. The molecule has 2 heterocycles. The van der Waals surface area contributed by atoms with Gasteiger partial charge in [-0.05, 0) is 25.1 Å².